The van der Waals surface area contributed by atoms with Gasteiger partial charge in [-0.1, -0.05) is 34.1 Å². The Morgan fingerprint density at radius 2 is 1.55 bits per heavy atom. The van der Waals surface area contributed by atoms with E-state index in [2.05, 4.69) is 37.3 Å². The first-order valence-corrected chi connectivity index (χ1v) is 11.1. The first-order chi connectivity index (χ1) is 15.9. The molecule has 1 aromatic heterocycles. The molecule has 2 aromatic carbocycles. The lowest BCUT2D eigenvalue weighted by Gasteiger charge is -2.13. The minimum atomic E-state index is -0.565. The molecule has 0 atom stereocenters. The van der Waals surface area contributed by atoms with Crippen LogP contribution in [-0.2, 0) is 6.42 Å². The van der Waals surface area contributed by atoms with Gasteiger partial charge in [-0.05, 0) is 56.2 Å². The van der Waals surface area contributed by atoms with Gasteiger partial charge < -0.3 is 4.42 Å². The number of hydrogen-bond acceptors (Lipinski definition) is 5. The van der Waals surface area contributed by atoms with Gasteiger partial charge in [0.05, 0.1) is 5.71 Å². The molecule has 0 spiro atoms. The number of halogens is 1. The lowest BCUT2D eigenvalue weighted by atomic mass is 9.93. The van der Waals surface area contributed by atoms with Crippen LogP contribution in [0.4, 0.5) is 0 Å². The van der Waals surface area contributed by atoms with E-state index in [1.54, 1.807) is 61.5 Å². The molecule has 3 N–H and O–H groups in total. The standard InChI is InChI=1S/C24H21BrN4O4/c1-14-20-18(26-27-23(31)16-10-12-17(25)13-11-16)8-5-9-19(20)33-21(14)24(32)29-28-22(30)15-6-3-2-4-7-15/h2-4,6-7,10-13H,5,8-9H2,1H3,(H,27,31)(H,28,30)(H,29,32)/b26-18+. The van der Waals surface area contributed by atoms with Crippen LogP contribution in [0.15, 0.2) is 68.6 Å². The van der Waals surface area contributed by atoms with Crippen molar-refractivity contribution in [2.75, 3.05) is 0 Å². The Balaban J connectivity index is 1.48. The smallest absolute Gasteiger partial charge is 0.305 e. The Hall–Kier alpha value is -3.72. The zero-order chi connectivity index (χ0) is 23.4. The number of hydrogen-bond donors (Lipinski definition) is 3. The summed E-state index contributed by atoms with van der Waals surface area (Å²) in [5, 5.41) is 4.31. The minimum Gasteiger partial charge on any atom is -0.455 e. The summed E-state index contributed by atoms with van der Waals surface area (Å²) in [6, 6.07) is 15.5. The molecule has 0 saturated carbocycles. The molecule has 1 aliphatic carbocycles. The predicted molar refractivity (Wildman–Crippen MR) is 126 cm³/mol. The van der Waals surface area contributed by atoms with Gasteiger partial charge in [0.15, 0.2) is 5.76 Å². The third kappa shape index (κ3) is 5.04. The van der Waals surface area contributed by atoms with E-state index in [1.165, 1.54) is 0 Å². The molecule has 8 nitrogen and oxygen atoms in total. The topological polar surface area (TPSA) is 113 Å². The molecule has 3 amide bonds. The average Bonchev–Trinajstić information content (AvgIpc) is 3.19. The molecule has 3 aromatic rings. The number of amides is 3. The monoisotopic (exact) mass is 508 g/mol. The van der Waals surface area contributed by atoms with E-state index in [1.807, 2.05) is 0 Å². The number of hydrazine groups is 1. The third-order valence-corrected chi connectivity index (χ3v) is 5.78. The number of nitrogens with zero attached hydrogens (tertiary/aromatic N) is 1. The number of hydrazone groups is 1. The van der Waals surface area contributed by atoms with Gasteiger partial charge in [0.2, 0.25) is 0 Å². The van der Waals surface area contributed by atoms with Crippen molar-refractivity contribution in [2.45, 2.75) is 26.2 Å². The maximum absolute atomic E-state index is 12.7. The average molecular weight is 509 g/mol. The SMILES string of the molecule is Cc1c(C(=O)NNC(=O)c2ccccc2)oc2c1/C(=N/NC(=O)c1ccc(Br)cc1)CCC2. The van der Waals surface area contributed by atoms with Crippen LogP contribution in [0.1, 0.15) is 61.0 Å². The number of aryl methyl sites for hydroxylation is 1. The molecule has 0 radical (unpaired) electrons. The number of furan rings is 1. The summed E-state index contributed by atoms with van der Waals surface area (Å²) >= 11 is 3.34. The third-order valence-electron chi connectivity index (χ3n) is 5.26. The van der Waals surface area contributed by atoms with Gasteiger partial charge in [-0.15, -0.1) is 0 Å². The number of fused-ring (bicyclic) bond motifs is 1. The van der Waals surface area contributed by atoms with E-state index in [4.69, 9.17) is 4.42 Å². The Labute approximate surface area is 198 Å². The van der Waals surface area contributed by atoms with Gasteiger partial charge in [-0.25, -0.2) is 5.43 Å². The Kier molecular flexibility index (Phi) is 6.69. The van der Waals surface area contributed by atoms with E-state index in [0.717, 1.165) is 16.5 Å². The van der Waals surface area contributed by atoms with Gasteiger partial charge in [0.1, 0.15) is 5.76 Å². The molecular formula is C24H21BrN4O4. The van der Waals surface area contributed by atoms with Crippen molar-refractivity contribution in [3.05, 3.63) is 92.8 Å². The summed E-state index contributed by atoms with van der Waals surface area (Å²) in [5.41, 5.74) is 10.2. The van der Waals surface area contributed by atoms with Gasteiger partial charge in [-0.3, -0.25) is 25.2 Å². The van der Waals surface area contributed by atoms with Crippen molar-refractivity contribution in [1.29, 1.82) is 0 Å². The summed E-state index contributed by atoms with van der Waals surface area (Å²) in [5.74, 6) is -0.595. The molecule has 1 aliphatic rings. The highest BCUT2D eigenvalue weighted by atomic mass is 79.9. The molecule has 4 rings (SSSR count). The first-order valence-electron chi connectivity index (χ1n) is 10.3. The van der Waals surface area contributed by atoms with Crippen molar-refractivity contribution in [1.82, 2.24) is 16.3 Å². The van der Waals surface area contributed by atoms with Crippen LogP contribution in [-0.4, -0.2) is 23.4 Å². The molecule has 0 aliphatic heterocycles. The molecule has 0 unspecified atom stereocenters. The summed E-state index contributed by atoms with van der Waals surface area (Å²) in [6.07, 6.45) is 2.07. The second-order valence-electron chi connectivity index (χ2n) is 7.49. The van der Waals surface area contributed by atoms with Crippen LogP contribution < -0.4 is 16.3 Å². The van der Waals surface area contributed by atoms with E-state index < -0.39 is 11.8 Å². The van der Waals surface area contributed by atoms with E-state index in [-0.39, 0.29) is 11.7 Å². The molecular weight excluding hydrogens is 488 g/mol. The lowest BCUT2D eigenvalue weighted by molar-refractivity contribution is 0.0829. The molecule has 0 fully saturated rings. The maximum atomic E-state index is 12.7. The first kappa shape index (κ1) is 22.5. The van der Waals surface area contributed by atoms with Gasteiger partial charge in [-0.2, -0.15) is 5.10 Å². The van der Waals surface area contributed by atoms with Gasteiger partial charge in [0.25, 0.3) is 11.8 Å². The van der Waals surface area contributed by atoms with E-state index >= 15 is 0 Å². The Morgan fingerprint density at radius 1 is 0.879 bits per heavy atom. The van der Waals surface area contributed by atoms with Gasteiger partial charge >= 0.3 is 5.91 Å². The second-order valence-corrected chi connectivity index (χ2v) is 8.40. The van der Waals surface area contributed by atoms with Crippen LogP contribution in [0.25, 0.3) is 0 Å². The highest BCUT2D eigenvalue weighted by Gasteiger charge is 2.28. The molecule has 9 heteroatoms. The zero-order valence-electron chi connectivity index (χ0n) is 17.8. The summed E-state index contributed by atoms with van der Waals surface area (Å²) < 4.78 is 6.69. The van der Waals surface area contributed by atoms with Crippen LogP contribution in [0, 0.1) is 6.92 Å². The normalized spacial score (nSPS) is 13.8. The number of rotatable bonds is 4. The molecule has 33 heavy (non-hydrogen) atoms. The minimum absolute atomic E-state index is 0.0993. The Morgan fingerprint density at radius 3 is 2.27 bits per heavy atom. The second kappa shape index (κ2) is 9.83. The predicted octanol–water partition coefficient (Wildman–Crippen LogP) is 3.90. The fourth-order valence-electron chi connectivity index (χ4n) is 3.61. The van der Waals surface area contributed by atoms with Crippen molar-refractivity contribution >= 4 is 39.4 Å². The van der Waals surface area contributed by atoms with Crippen molar-refractivity contribution in [2.24, 2.45) is 5.10 Å². The quantitative estimate of drug-likeness (QED) is 0.463. The Bertz CT molecular complexity index is 1230. The van der Waals surface area contributed by atoms with Crippen LogP contribution >= 0.6 is 15.9 Å². The molecule has 168 valence electrons. The van der Waals surface area contributed by atoms with E-state index in [0.29, 0.717) is 41.0 Å². The highest BCUT2D eigenvalue weighted by Crippen LogP contribution is 2.29. The van der Waals surface area contributed by atoms with E-state index in [9.17, 15) is 14.4 Å². The van der Waals surface area contributed by atoms with Crippen molar-refractivity contribution < 1.29 is 18.8 Å². The van der Waals surface area contributed by atoms with Crippen molar-refractivity contribution in [3.8, 4) is 0 Å². The van der Waals surface area contributed by atoms with Crippen LogP contribution in [0.5, 0.6) is 0 Å². The summed E-state index contributed by atoms with van der Waals surface area (Å²) in [4.78, 5) is 37.3. The number of nitrogens with one attached hydrogen (secondary N) is 3. The lowest BCUT2D eigenvalue weighted by Crippen LogP contribution is -2.41. The zero-order valence-corrected chi connectivity index (χ0v) is 19.4. The maximum Gasteiger partial charge on any atom is 0.305 e. The fraction of sp³-hybridized carbons (Fsp3) is 0.167. The van der Waals surface area contributed by atoms with Crippen molar-refractivity contribution in [3.63, 3.8) is 0 Å². The molecule has 0 bridgehead atoms. The number of benzene rings is 2. The largest absolute Gasteiger partial charge is 0.455 e. The number of carbonyl (C=O) groups is 3. The molecule has 0 saturated heterocycles. The fourth-order valence-corrected chi connectivity index (χ4v) is 3.88. The molecule has 1 heterocycles. The summed E-state index contributed by atoms with van der Waals surface area (Å²) in [7, 11) is 0. The van der Waals surface area contributed by atoms with Crippen LogP contribution in [0.3, 0.4) is 0 Å². The highest BCUT2D eigenvalue weighted by molar-refractivity contribution is 9.10. The van der Waals surface area contributed by atoms with Gasteiger partial charge in [0, 0.05) is 33.1 Å². The van der Waals surface area contributed by atoms with Crippen LogP contribution in [0.2, 0.25) is 0 Å². The summed E-state index contributed by atoms with van der Waals surface area (Å²) in [6.45, 7) is 1.76. The number of carbonyl (C=O) groups excluding carboxylic acids is 3.